The maximum absolute atomic E-state index is 4.35. The van der Waals surface area contributed by atoms with Crippen LogP contribution in [0.25, 0.3) is 11.2 Å². The molecule has 0 unspecified atom stereocenters. The van der Waals surface area contributed by atoms with Gasteiger partial charge in [0.2, 0.25) is 0 Å². The second-order valence-corrected chi connectivity index (χ2v) is 4.99. The Kier molecular flexibility index (Phi) is 3.33. The molecular weight excluding hydrogens is 250 g/mol. The maximum atomic E-state index is 4.35. The summed E-state index contributed by atoms with van der Waals surface area (Å²) in [7, 11) is 1.93. The molecule has 5 nitrogen and oxygen atoms in total. The molecule has 1 N–H and O–H groups in total. The summed E-state index contributed by atoms with van der Waals surface area (Å²) in [5.74, 6) is 0.791. The molecule has 0 saturated heterocycles. The number of hydrogen-bond donors (Lipinski definition) is 1. The van der Waals surface area contributed by atoms with Gasteiger partial charge in [-0.3, -0.25) is 0 Å². The van der Waals surface area contributed by atoms with E-state index in [-0.39, 0.29) is 6.04 Å². The van der Waals surface area contributed by atoms with Crippen LogP contribution in [0.5, 0.6) is 0 Å². The highest BCUT2D eigenvalue weighted by Gasteiger charge is 2.11. The Balaban J connectivity index is 1.79. The van der Waals surface area contributed by atoms with Crippen LogP contribution in [0.1, 0.15) is 12.5 Å². The second kappa shape index (κ2) is 5.28. The van der Waals surface area contributed by atoms with E-state index in [0.717, 1.165) is 23.4 Å². The molecule has 0 fully saturated rings. The Morgan fingerprint density at radius 3 is 2.75 bits per heavy atom. The molecule has 20 heavy (non-hydrogen) atoms. The average molecular weight is 267 g/mol. The first-order valence-electron chi connectivity index (χ1n) is 6.66. The molecular formula is C15H17N5. The largest absolute Gasteiger partial charge is 0.365 e. The molecule has 1 aromatic carbocycles. The summed E-state index contributed by atoms with van der Waals surface area (Å²) < 4.78 is 1.89. The van der Waals surface area contributed by atoms with Gasteiger partial charge in [-0.1, -0.05) is 30.3 Å². The van der Waals surface area contributed by atoms with Gasteiger partial charge < -0.3 is 9.88 Å². The topological polar surface area (TPSA) is 55.6 Å². The molecule has 3 rings (SSSR count). The number of fused-ring (bicyclic) bond motifs is 1. The monoisotopic (exact) mass is 267 g/mol. The van der Waals surface area contributed by atoms with Crippen molar-refractivity contribution in [1.82, 2.24) is 19.5 Å². The lowest BCUT2D eigenvalue weighted by atomic mass is 10.1. The smallest absolute Gasteiger partial charge is 0.165 e. The standard InChI is InChI=1S/C15H17N5/c1-11(8-12-6-4-3-5-7-12)19-14-13-15(17-9-16-14)20(2)10-18-13/h3-7,9-11H,8H2,1-2H3,(H,16,17,19)/t11-/m1/s1. The van der Waals surface area contributed by atoms with E-state index in [2.05, 4.69) is 51.5 Å². The van der Waals surface area contributed by atoms with E-state index < -0.39 is 0 Å². The van der Waals surface area contributed by atoms with Crippen molar-refractivity contribution in [3.8, 4) is 0 Å². The first-order valence-corrected chi connectivity index (χ1v) is 6.66. The van der Waals surface area contributed by atoms with Gasteiger partial charge in [0.05, 0.1) is 6.33 Å². The third-order valence-electron chi connectivity index (χ3n) is 3.26. The first kappa shape index (κ1) is 12.6. The molecule has 0 radical (unpaired) electrons. The van der Waals surface area contributed by atoms with Crippen molar-refractivity contribution >= 4 is 17.0 Å². The van der Waals surface area contributed by atoms with Gasteiger partial charge >= 0.3 is 0 Å². The minimum absolute atomic E-state index is 0.275. The van der Waals surface area contributed by atoms with Crippen LogP contribution < -0.4 is 5.32 Å². The van der Waals surface area contributed by atoms with Gasteiger partial charge in [0.25, 0.3) is 0 Å². The fourth-order valence-corrected chi connectivity index (χ4v) is 2.30. The van der Waals surface area contributed by atoms with Crippen molar-refractivity contribution in [2.75, 3.05) is 5.32 Å². The molecule has 0 saturated carbocycles. The van der Waals surface area contributed by atoms with Crippen LogP contribution >= 0.6 is 0 Å². The van der Waals surface area contributed by atoms with Gasteiger partial charge in [0, 0.05) is 13.1 Å². The molecule has 0 aliphatic rings. The minimum atomic E-state index is 0.275. The average Bonchev–Trinajstić information content (AvgIpc) is 2.83. The minimum Gasteiger partial charge on any atom is -0.365 e. The zero-order chi connectivity index (χ0) is 13.9. The highest BCUT2D eigenvalue weighted by Crippen LogP contribution is 2.18. The lowest BCUT2D eigenvalue weighted by Crippen LogP contribution is -2.19. The van der Waals surface area contributed by atoms with E-state index in [4.69, 9.17) is 0 Å². The van der Waals surface area contributed by atoms with Gasteiger partial charge in [-0.2, -0.15) is 0 Å². The Bertz CT molecular complexity index is 705. The predicted molar refractivity (Wildman–Crippen MR) is 79.5 cm³/mol. The summed E-state index contributed by atoms with van der Waals surface area (Å²) in [5.41, 5.74) is 2.96. The predicted octanol–water partition coefficient (Wildman–Crippen LogP) is 2.41. The summed E-state index contributed by atoms with van der Waals surface area (Å²) in [4.78, 5) is 12.9. The molecule has 1 atom stereocenters. The summed E-state index contributed by atoms with van der Waals surface area (Å²) in [6.07, 6.45) is 4.27. The summed E-state index contributed by atoms with van der Waals surface area (Å²) >= 11 is 0. The molecule has 102 valence electrons. The zero-order valence-electron chi connectivity index (χ0n) is 11.6. The van der Waals surface area contributed by atoms with E-state index >= 15 is 0 Å². The Labute approximate surface area is 117 Å². The van der Waals surface area contributed by atoms with Crippen LogP contribution in [0.2, 0.25) is 0 Å². The fraction of sp³-hybridized carbons (Fsp3) is 0.267. The SMILES string of the molecule is C[C@H](Cc1ccccc1)Nc1ncnc2c1ncn2C. The lowest BCUT2D eigenvalue weighted by Gasteiger charge is -2.14. The number of aryl methyl sites for hydroxylation is 1. The van der Waals surface area contributed by atoms with Crippen LogP contribution in [0.4, 0.5) is 5.82 Å². The Morgan fingerprint density at radius 1 is 1.15 bits per heavy atom. The Morgan fingerprint density at radius 2 is 1.95 bits per heavy atom. The first-order chi connectivity index (χ1) is 9.74. The van der Waals surface area contributed by atoms with Gasteiger partial charge in [0.1, 0.15) is 11.8 Å². The third kappa shape index (κ3) is 2.47. The van der Waals surface area contributed by atoms with Crippen molar-refractivity contribution in [3.05, 3.63) is 48.5 Å². The summed E-state index contributed by atoms with van der Waals surface area (Å²) in [5, 5.41) is 3.42. The molecule has 0 spiro atoms. The number of nitrogens with one attached hydrogen (secondary N) is 1. The van der Waals surface area contributed by atoms with Crippen LogP contribution in [0.3, 0.4) is 0 Å². The summed E-state index contributed by atoms with van der Waals surface area (Å²) in [6.45, 7) is 2.14. The van der Waals surface area contributed by atoms with Crippen LogP contribution in [-0.4, -0.2) is 25.6 Å². The molecule has 0 aliphatic heterocycles. The number of rotatable bonds is 4. The van der Waals surface area contributed by atoms with Crippen LogP contribution in [-0.2, 0) is 13.5 Å². The normalized spacial score (nSPS) is 12.5. The molecule has 0 bridgehead atoms. The molecule has 0 aliphatic carbocycles. The third-order valence-corrected chi connectivity index (χ3v) is 3.26. The van der Waals surface area contributed by atoms with Crippen molar-refractivity contribution in [3.63, 3.8) is 0 Å². The summed E-state index contributed by atoms with van der Waals surface area (Å²) in [6, 6.07) is 10.7. The molecule has 2 aromatic heterocycles. The van der Waals surface area contributed by atoms with Gasteiger partial charge in [-0.25, -0.2) is 15.0 Å². The number of benzene rings is 1. The van der Waals surface area contributed by atoms with E-state index in [1.807, 2.05) is 17.7 Å². The number of aromatic nitrogens is 4. The highest BCUT2D eigenvalue weighted by molar-refractivity contribution is 5.82. The van der Waals surface area contributed by atoms with Crippen LogP contribution in [0.15, 0.2) is 43.0 Å². The lowest BCUT2D eigenvalue weighted by molar-refractivity contribution is 0.785. The number of nitrogens with zero attached hydrogens (tertiary/aromatic N) is 4. The number of anilines is 1. The van der Waals surface area contributed by atoms with E-state index in [0.29, 0.717) is 0 Å². The van der Waals surface area contributed by atoms with Gasteiger partial charge in [-0.15, -0.1) is 0 Å². The quantitative estimate of drug-likeness (QED) is 0.788. The molecule has 0 amide bonds. The number of imidazole rings is 1. The Hall–Kier alpha value is -2.43. The zero-order valence-corrected chi connectivity index (χ0v) is 11.6. The van der Waals surface area contributed by atoms with Gasteiger partial charge in [0.15, 0.2) is 11.5 Å². The van der Waals surface area contributed by atoms with Crippen molar-refractivity contribution in [2.24, 2.45) is 7.05 Å². The number of hydrogen-bond acceptors (Lipinski definition) is 4. The molecule has 3 aromatic rings. The van der Waals surface area contributed by atoms with Crippen molar-refractivity contribution in [1.29, 1.82) is 0 Å². The highest BCUT2D eigenvalue weighted by atomic mass is 15.1. The molecule has 5 heteroatoms. The molecule has 2 heterocycles. The van der Waals surface area contributed by atoms with Crippen molar-refractivity contribution in [2.45, 2.75) is 19.4 Å². The van der Waals surface area contributed by atoms with Gasteiger partial charge in [-0.05, 0) is 18.9 Å². The van der Waals surface area contributed by atoms with Crippen molar-refractivity contribution < 1.29 is 0 Å². The van der Waals surface area contributed by atoms with E-state index in [1.165, 1.54) is 5.56 Å². The fourth-order valence-electron chi connectivity index (χ4n) is 2.30. The maximum Gasteiger partial charge on any atom is 0.165 e. The van der Waals surface area contributed by atoms with E-state index in [1.54, 1.807) is 12.7 Å². The van der Waals surface area contributed by atoms with E-state index in [9.17, 15) is 0 Å². The second-order valence-electron chi connectivity index (χ2n) is 4.99. The van der Waals surface area contributed by atoms with Crippen LogP contribution in [0, 0.1) is 0 Å².